The van der Waals surface area contributed by atoms with E-state index in [0.29, 0.717) is 10.9 Å². The molecule has 0 saturated heterocycles. The number of carboxylic acids is 1. The number of nitrogens with one attached hydrogen (secondary N) is 2. The molecule has 1 aliphatic rings. The number of carboxylic acid groups (broad SMARTS) is 1. The zero-order valence-electron chi connectivity index (χ0n) is 13.6. The lowest BCUT2D eigenvalue weighted by Crippen LogP contribution is -2.30. The lowest BCUT2D eigenvalue weighted by Gasteiger charge is -2.17. The Morgan fingerprint density at radius 1 is 1.40 bits per heavy atom. The highest BCUT2D eigenvalue weighted by Gasteiger charge is 2.31. The number of thioether (sulfide) groups is 1. The maximum absolute atomic E-state index is 12.5. The molecule has 1 fully saturated rings. The van der Waals surface area contributed by atoms with Gasteiger partial charge in [0.25, 0.3) is 5.91 Å². The Hall–Kier alpha value is -1.99. The summed E-state index contributed by atoms with van der Waals surface area (Å²) in [5.74, 6) is -1.13. The van der Waals surface area contributed by atoms with Gasteiger partial charge in [-0.3, -0.25) is 14.7 Å². The first-order valence-corrected chi connectivity index (χ1v) is 9.50. The summed E-state index contributed by atoms with van der Waals surface area (Å²) in [6, 6.07) is 6.78. The minimum Gasteiger partial charge on any atom is -0.481 e. The highest BCUT2D eigenvalue weighted by Crippen LogP contribution is 2.42. The predicted molar refractivity (Wildman–Crippen MR) is 96.3 cm³/mol. The normalized spacial score (nSPS) is 15.0. The number of carbonyl (C=O) groups is 2. The van der Waals surface area contributed by atoms with Crippen LogP contribution < -0.4 is 5.32 Å². The Bertz CT molecular complexity index is 787. The van der Waals surface area contributed by atoms with Crippen molar-refractivity contribution in [1.29, 1.82) is 0 Å². The molecular formula is C17H18ClN3O3S. The molecule has 0 spiro atoms. The predicted octanol–water partition coefficient (Wildman–Crippen LogP) is 3.61. The molecule has 0 bridgehead atoms. The van der Waals surface area contributed by atoms with Crippen LogP contribution in [0.3, 0.4) is 0 Å². The van der Waals surface area contributed by atoms with Gasteiger partial charge in [-0.05, 0) is 36.8 Å². The van der Waals surface area contributed by atoms with E-state index < -0.39 is 17.9 Å². The largest absolute Gasteiger partial charge is 0.481 e. The van der Waals surface area contributed by atoms with E-state index in [4.69, 9.17) is 16.7 Å². The number of halogens is 1. The summed E-state index contributed by atoms with van der Waals surface area (Å²) < 4.78 is 0. The minimum absolute atomic E-state index is 0.111. The molecule has 25 heavy (non-hydrogen) atoms. The monoisotopic (exact) mass is 379 g/mol. The number of nitrogens with zero attached hydrogens (tertiary/aromatic N) is 1. The van der Waals surface area contributed by atoms with Crippen LogP contribution in [-0.4, -0.2) is 33.4 Å². The highest BCUT2D eigenvalue weighted by atomic mass is 35.5. The molecule has 0 aliphatic heterocycles. The van der Waals surface area contributed by atoms with Crippen LogP contribution in [0.4, 0.5) is 0 Å². The third kappa shape index (κ3) is 4.16. The quantitative estimate of drug-likeness (QED) is 0.639. The summed E-state index contributed by atoms with van der Waals surface area (Å²) in [7, 11) is 0. The molecule has 1 heterocycles. The van der Waals surface area contributed by atoms with Crippen molar-refractivity contribution >= 4 is 35.2 Å². The third-order valence-electron chi connectivity index (χ3n) is 4.14. The average molecular weight is 380 g/mol. The number of H-pyrrole nitrogens is 1. The van der Waals surface area contributed by atoms with Crippen molar-refractivity contribution in [3.8, 4) is 0 Å². The van der Waals surface area contributed by atoms with Gasteiger partial charge in [0.05, 0.1) is 23.2 Å². The number of aromatic amines is 1. The Morgan fingerprint density at radius 2 is 2.08 bits per heavy atom. The van der Waals surface area contributed by atoms with Gasteiger partial charge in [0.15, 0.2) is 5.69 Å². The summed E-state index contributed by atoms with van der Waals surface area (Å²) in [5, 5.41) is 19.1. The zero-order chi connectivity index (χ0) is 18.0. The van der Waals surface area contributed by atoms with Crippen molar-refractivity contribution < 1.29 is 14.7 Å². The molecular weight excluding hydrogens is 362 g/mol. The highest BCUT2D eigenvalue weighted by molar-refractivity contribution is 7.98. The molecule has 1 amide bonds. The first-order valence-electron chi connectivity index (χ1n) is 7.90. The smallest absolute Gasteiger partial charge is 0.305 e. The third-order valence-corrected chi connectivity index (χ3v) is 5.26. The van der Waals surface area contributed by atoms with Crippen molar-refractivity contribution in [2.24, 2.45) is 0 Å². The number of aromatic nitrogens is 2. The molecule has 6 nitrogen and oxygen atoms in total. The average Bonchev–Trinajstić information content (AvgIpc) is 3.36. The fourth-order valence-electron chi connectivity index (χ4n) is 2.62. The van der Waals surface area contributed by atoms with E-state index in [9.17, 15) is 9.59 Å². The van der Waals surface area contributed by atoms with Crippen LogP contribution in [0.25, 0.3) is 0 Å². The maximum atomic E-state index is 12.5. The van der Waals surface area contributed by atoms with Crippen LogP contribution in [-0.2, 0) is 4.79 Å². The number of benzene rings is 1. The van der Waals surface area contributed by atoms with Crippen LogP contribution in [0.5, 0.6) is 0 Å². The number of carbonyl (C=O) groups excluding carboxylic acids is 1. The van der Waals surface area contributed by atoms with E-state index in [1.165, 1.54) is 0 Å². The molecule has 1 aromatic heterocycles. The van der Waals surface area contributed by atoms with E-state index in [0.717, 1.165) is 29.0 Å². The number of hydrogen-bond donors (Lipinski definition) is 3. The summed E-state index contributed by atoms with van der Waals surface area (Å²) in [4.78, 5) is 24.8. The second kappa shape index (κ2) is 7.49. The molecule has 2 aromatic rings. The fourth-order valence-corrected chi connectivity index (χ4v) is 3.36. The van der Waals surface area contributed by atoms with Crippen LogP contribution in [0.1, 0.15) is 53.0 Å². The van der Waals surface area contributed by atoms with Crippen LogP contribution >= 0.6 is 23.4 Å². The summed E-state index contributed by atoms with van der Waals surface area (Å²) in [5.41, 5.74) is 1.62. The van der Waals surface area contributed by atoms with E-state index in [1.807, 2.05) is 30.5 Å². The van der Waals surface area contributed by atoms with Gasteiger partial charge in [0.2, 0.25) is 0 Å². The van der Waals surface area contributed by atoms with Gasteiger partial charge in [-0.2, -0.15) is 5.10 Å². The molecule has 1 atom stereocenters. The van der Waals surface area contributed by atoms with Crippen molar-refractivity contribution in [2.75, 3.05) is 6.26 Å². The standard InChI is InChI=1S/C17H18ClN3O3S/c1-25-11-6-4-9(5-7-11)12(8-13(22)23)19-17(24)16-14(18)15(20-21-16)10-2-3-10/h4-7,10,12H,2-3,8H2,1H3,(H,19,24)(H,20,21)(H,22,23)/t12-/m0/s1. The van der Waals surface area contributed by atoms with Gasteiger partial charge in [-0.1, -0.05) is 23.7 Å². The molecule has 1 aliphatic carbocycles. The number of hydrogen-bond acceptors (Lipinski definition) is 4. The van der Waals surface area contributed by atoms with E-state index in [2.05, 4.69) is 15.5 Å². The topological polar surface area (TPSA) is 95.1 Å². The Labute approximate surface area is 154 Å². The van der Waals surface area contributed by atoms with Gasteiger partial charge in [-0.15, -0.1) is 11.8 Å². The van der Waals surface area contributed by atoms with Gasteiger partial charge >= 0.3 is 5.97 Å². The SMILES string of the molecule is CSc1ccc([C@H](CC(=O)O)NC(=O)c2n[nH]c(C3CC3)c2Cl)cc1. The lowest BCUT2D eigenvalue weighted by atomic mass is 10.0. The van der Waals surface area contributed by atoms with E-state index >= 15 is 0 Å². The Morgan fingerprint density at radius 3 is 2.64 bits per heavy atom. The fraction of sp³-hybridized carbons (Fsp3) is 0.353. The van der Waals surface area contributed by atoms with Gasteiger partial charge in [0.1, 0.15) is 0 Å². The second-order valence-electron chi connectivity index (χ2n) is 5.97. The minimum atomic E-state index is -0.994. The number of amides is 1. The van der Waals surface area contributed by atoms with E-state index in [-0.39, 0.29) is 12.1 Å². The maximum Gasteiger partial charge on any atom is 0.305 e. The molecule has 8 heteroatoms. The van der Waals surface area contributed by atoms with Crippen molar-refractivity contribution in [3.05, 3.63) is 46.2 Å². The molecule has 1 saturated carbocycles. The first-order chi connectivity index (χ1) is 12.0. The number of rotatable bonds is 7. The summed E-state index contributed by atoms with van der Waals surface area (Å²) in [6.45, 7) is 0. The van der Waals surface area contributed by atoms with Crippen LogP contribution in [0.15, 0.2) is 29.2 Å². The molecule has 3 N–H and O–H groups in total. The van der Waals surface area contributed by atoms with Crippen molar-refractivity contribution in [1.82, 2.24) is 15.5 Å². The van der Waals surface area contributed by atoms with Gasteiger partial charge < -0.3 is 10.4 Å². The molecule has 3 rings (SSSR count). The Balaban J connectivity index is 1.79. The van der Waals surface area contributed by atoms with Crippen molar-refractivity contribution in [2.45, 2.75) is 36.1 Å². The Kier molecular flexibility index (Phi) is 5.34. The molecule has 0 unspecified atom stereocenters. The molecule has 1 aromatic carbocycles. The first kappa shape index (κ1) is 17.8. The second-order valence-corrected chi connectivity index (χ2v) is 7.23. The van der Waals surface area contributed by atoms with Gasteiger partial charge in [0, 0.05) is 10.8 Å². The summed E-state index contributed by atoms with van der Waals surface area (Å²) >= 11 is 7.85. The molecule has 0 radical (unpaired) electrons. The molecule has 132 valence electrons. The van der Waals surface area contributed by atoms with Crippen LogP contribution in [0.2, 0.25) is 5.02 Å². The van der Waals surface area contributed by atoms with E-state index in [1.54, 1.807) is 11.8 Å². The number of aliphatic carboxylic acids is 1. The summed E-state index contributed by atoms with van der Waals surface area (Å²) in [6.07, 6.45) is 3.81. The van der Waals surface area contributed by atoms with Crippen molar-refractivity contribution in [3.63, 3.8) is 0 Å². The lowest BCUT2D eigenvalue weighted by molar-refractivity contribution is -0.137. The zero-order valence-corrected chi connectivity index (χ0v) is 15.2. The van der Waals surface area contributed by atoms with Crippen LogP contribution in [0, 0.1) is 0 Å². The van der Waals surface area contributed by atoms with Gasteiger partial charge in [-0.25, -0.2) is 0 Å².